The van der Waals surface area contributed by atoms with E-state index in [1.165, 1.54) is 7.11 Å². The van der Waals surface area contributed by atoms with E-state index in [1.54, 1.807) is 30.4 Å². The summed E-state index contributed by atoms with van der Waals surface area (Å²) in [6.45, 7) is 0.402. The lowest BCUT2D eigenvalue weighted by molar-refractivity contribution is 0.0693. The number of carbonyl (C=O) groups excluding carboxylic acids is 1. The molecule has 0 unspecified atom stereocenters. The van der Waals surface area contributed by atoms with Crippen LogP contribution in [0.2, 0.25) is 0 Å². The number of alkyl carbamates (subject to hydrolysis) is 1. The van der Waals surface area contributed by atoms with Gasteiger partial charge < -0.3 is 19.9 Å². The summed E-state index contributed by atoms with van der Waals surface area (Å²) in [5, 5.41) is 11.9. The molecule has 1 amide bonds. The van der Waals surface area contributed by atoms with Crippen LogP contribution in [0.25, 0.3) is 6.08 Å². The van der Waals surface area contributed by atoms with E-state index in [0.717, 1.165) is 5.56 Å². The largest absolute Gasteiger partial charge is 0.496 e. The summed E-state index contributed by atoms with van der Waals surface area (Å²) in [5.74, 6) is -0.794. The van der Waals surface area contributed by atoms with Gasteiger partial charge in [-0.15, -0.1) is 0 Å². The smallest absolute Gasteiger partial charge is 0.407 e. The van der Waals surface area contributed by atoms with E-state index in [1.807, 2.05) is 30.3 Å². The molecule has 6 heteroatoms. The number of rotatable bonds is 7. The molecule has 6 nitrogen and oxygen atoms in total. The lowest BCUT2D eigenvalue weighted by Crippen LogP contribution is -2.24. The molecule has 2 rings (SSSR count). The highest BCUT2D eigenvalue weighted by Crippen LogP contribution is 2.23. The quantitative estimate of drug-likeness (QED) is 0.807. The number of methoxy groups -OCH3 is 1. The molecule has 0 atom stereocenters. The van der Waals surface area contributed by atoms with E-state index in [4.69, 9.17) is 9.47 Å². The van der Waals surface area contributed by atoms with Crippen LogP contribution in [0.1, 0.15) is 21.5 Å². The van der Waals surface area contributed by atoms with Crippen molar-refractivity contribution >= 4 is 18.1 Å². The van der Waals surface area contributed by atoms with Crippen molar-refractivity contribution in [2.45, 2.75) is 6.61 Å². The molecule has 2 aromatic rings. The summed E-state index contributed by atoms with van der Waals surface area (Å²) in [7, 11) is 1.42. The van der Waals surface area contributed by atoms with Crippen molar-refractivity contribution in [3.05, 3.63) is 71.3 Å². The monoisotopic (exact) mass is 341 g/mol. The third kappa shape index (κ3) is 5.39. The zero-order valence-corrected chi connectivity index (χ0v) is 13.8. The number of hydrogen-bond acceptors (Lipinski definition) is 4. The van der Waals surface area contributed by atoms with Crippen LogP contribution in [-0.2, 0) is 11.3 Å². The van der Waals surface area contributed by atoms with Gasteiger partial charge in [0, 0.05) is 6.54 Å². The minimum absolute atomic E-state index is 0.0768. The van der Waals surface area contributed by atoms with Crippen LogP contribution >= 0.6 is 0 Å². The minimum Gasteiger partial charge on any atom is -0.496 e. The standard InChI is InChI=1S/C19H19NO5/c1-24-16-11-5-9-15(17(16)18(21)22)10-6-12-20-19(23)25-13-14-7-3-2-4-8-14/h2-11H,12-13H2,1H3,(H,20,23)(H,21,22). The van der Waals surface area contributed by atoms with Crippen molar-refractivity contribution in [3.63, 3.8) is 0 Å². The molecule has 130 valence electrons. The van der Waals surface area contributed by atoms with Crippen molar-refractivity contribution in [2.24, 2.45) is 0 Å². The number of carboxylic acid groups (broad SMARTS) is 1. The summed E-state index contributed by atoms with van der Waals surface area (Å²) in [5.41, 5.74) is 1.47. The topological polar surface area (TPSA) is 84.9 Å². The Morgan fingerprint density at radius 1 is 1.12 bits per heavy atom. The second kappa shape index (κ2) is 9.12. The second-order valence-corrected chi connectivity index (χ2v) is 5.07. The molecule has 0 aliphatic carbocycles. The molecule has 25 heavy (non-hydrogen) atoms. The summed E-state index contributed by atoms with van der Waals surface area (Å²) in [4.78, 5) is 23.0. The predicted octanol–water partition coefficient (Wildman–Crippen LogP) is 3.33. The molecule has 0 fully saturated rings. The Kier molecular flexibility index (Phi) is 6.59. The Bertz CT molecular complexity index is 756. The fourth-order valence-corrected chi connectivity index (χ4v) is 2.19. The van der Waals surface area contributed by atoms with Crippen LogP contribution < -0.4 is 10.1 Å². The normalized spacial score (nSPS) is 10.4. The third-order valence-corrected chi connectivity index (χ3v) is 3.37. The number of carboxylic acids is 1. The first-order valence-corrected chi connectivity index (χ1v) is 7.63. The van der Waals surface area contributed by atoms with Gasteiger partial charge in [-0.2, -0.15) is 0 Å². The van der Waals surface area contributed by atoms with Gasteiger partial charge in [-0.25, -0.2) is 9.59 Å². The number of hydrogen-bond donors (Lipinski definition) is 2. The van der Waals surface area contributed by atoms with Crippen molar-refractivity contribution in [1.29, 1.82) is 0 Å². The highest BCUT2D eigenvalue weighted by Gasteiger charge is 2.14. The highest BCUT2D eigenvalue weighted by molar-refractivity contribution is 5.95. The lowest BCUT2D eigenvalue weighted by atomic mass is 10.1. The first kappa shape index (κ1) is 18.1. The van der Waals surface area contributed by atoms with Crippen LogP contribution in [-0.4, -0.2) is 30.8 Å². The van der Waals surface area contributed by atoms with Gasteiger partial charge in [-0.05, 0) is 17.2 Å². The molecule has 2 N–H and O–H groups in total. The minimum atomic E-state index is -1.08. The van der Waals surface area contributed by atoms with Gasteiger partial charge in [0.1, 0.15) is 17.9 Å². The summed E-state index contributed by atoms with van der Waals surface area (Å²) in [6, 6.07) is 14.3. The number of benzene rings is 2. The van der Waals surface area contributed by atoms with Gasteiger partial charge in [-0.1, -0.05) is 54.6 Å². The predicted molar refractivity (Wildman–Crippen MR) is 93.6 cm³/mol. The van der Waals surface area contributed by atoms with Crippen LogP contribution in [0.4, 0.5) is 4.79 Å². The van der Waals surface area contributed by atoms with E-state index in [0.29, 0.717) is 5.56 Å². The molecule has 0 heterocycles. The van der Waals surface area contributed by atoms with Gasteiger partial charge >= 0.3 is 12.1 Å². The number of nitrogens with one attached hydrogen (secondary N) is 1. The van der Waals surface area contributed by atoms with E-state index in [9.17, 15) is 14.7 Å². The first-order valence-electron chi connectivity index (χ1n) is 7.63. The average Bonchev–Trinajstić information content (AvgIpc) is 2.63. The average molecular weight is 341 g/mol. The molecule has 0 radical (unpaired) electrons. The van der Waals surface area contributed by atoms with Gasteiger partial charge in [0.25, 0.3) is 0 Å². The number of carbonyl (C=O) groups is 2. The van der Waals surface area contributed by atoms with Crippen LogP contribution in [0.3, 0.4) is 0 Å². The fourth-order valence-electron chi connectivity index (χ4n) is 2.19. The molecule has 0 saturated carbocycles. The lowest BCUT2D eigenvalue weighted by Gasteiger charge is -2.08. The molecule has 2 aromatic carbocycles. The van der Waals surface area contributed by atoms with Gasteiger partial charge in [-0.3, -0.25) is 0 Å². The third-order valence-electron chi connectivity index (χ3n) is 3.37. The summed E-state index contributed by atoms with van der Waals surface area (Å²) >= 11 is 0. The van der Waals surface area contributed by atoms with Crippen molar-refractivity contribution < 1.29 is 24.2 Å². The van der Waals surface area contributed by atoms with E-state index >= 15 is 0 Å². The molecular formula is C19H19NO5. The number of amides is 1. The highest BCUT2D eigenvalue weighted by atomic mass is 16.5. The first-order chi connectivity index (χ1) is 12.1. The molecule has 0 saturated heterocycles. The summed E-state index contributed by atoms with van der Waals surface area (Å²) in [6.07, 6.45) is 2.71. The second-order valence-electron chi connectivity index (χ2n) is 5.07. The van der Waals surface area contributed by atoms with Gasteiger partial charge in [0.05, 0.1) is 7.11 Å². The van der Waals surface area contributed by atoms with Crippen LogP contribution in [0, 0.1) is 0 Å². The van der Waals surface area contributed by atoms with Crippen molar-refractivity contribution in [3.8, 4) is 5.75 Å². The Morgan fingerprint density at radius 2 is 1.88 bits per heavy atom. The Morgan fingerprint density at radius 3 is 2.56 bits per heavy atom. The van der Waals surface area contributed by atoms with E-state index < -0.39 is 12.1 Å². The number of aromatic carboxylic acids is 1. The zero-order valence-electron chi connectivity index (χ0n) is 13.8. The van der Waals surface area contributed by atoms with Crippen molar-refractivity contribution in [1.82, 2.24) is 5.32 Å². The number of ether oxygens (including phenoxy) is 2. The van der Waals surface area contributed by atoms with Crippen molar-refractivity contribution in [2.75, 3.05) is 13.7 Å². The molecule has 0 bridgehead atoms. The molecule has 0 aliphatic heterocycles. The Labute approximate surface area is 145 Å². The maximum Gasteiger partial charge on any atom is 0.407 e. The summed E-state index contributed by atoms with van der Waals surface area (Å²) < 4.78 is 10.1. The molecular weight excluding hydrogens is 322 g/mol. The van der Waals surface area contributed by atoms with E-state index in [-0.39, 0.29) is 24.5 Å². The van der Waals surface area contributed by atoms with Crippen LogP contribution in [0.15, 0.2) is 54.6 Å². The van der Waals surface area contributed by atoms with E-state index in [2.05, 4.69) is 5.32 Å². The molecule has 0 spiro atoms. The fraction of sp³-hybridized carbons (Fsp3) is 0.158. The van der Waals surface area contributed by atoms with Gasteiger partial charge in [0.2, 0.25) is 0 Å². The van der Waals surface area contributed by atoms with Gasteiger partial charge in [0.15, 0.2) is 0 Å². The molecule has 0 aliphatic rings. The SMILES string of the molecule is COc1cccc(C=CCNC(=O)OCc2ccccc2)c1C(=O)O. The zero-order chi connectivity index (χ0) is 18.1. The Balaban J connectivity index is 1.87. The molecule has 0 aromatic heterocycles. The maximum absolute atomic E-state index is 11.6. The maximum atomic E-state index is 11.6. The van der Waals surface area contributed by atoms with Crippen LogP contribution in [0.5, 0.6) is 5.75 Å². The Hall–Kier alpha value is -3.28.